The second-order valence-corrected chi connectivity index (χ2v) is 4.41. The molecule has 0 saturated heterocycles. The monoisotopic (exact) mass is 289 g/mol. The maximum Gasteiger partial charge on any atom is 0.307 e. The molecule has 1 aromatic heterocycles. The quantitative estimate of drug-likeness (QED) is 0.797. The van der Waals surface area contributed by atoms with E-state index in [-0.39, 0.29) is 12.8 Å². The van der Waals surface area contributed by atoms with Gasteiger partial charge in [-0.05, 0) is 6.92 Å². The number of aromatic nitrogens is 2. The summed E-state index contributed by atoms with van der Waals surface area (Å²) < 4.78 is 9.88. The topological polar surface area (TPSA) is 108 Å². The van der Waals surface area contributed by atoms with Gasteiger partial charge in [0.05, 0.1) is 6.42 Å². The first-order chi connectivity index (χ1) is 10.1. The zero-order valence-electron chi connectivity index (χ0n) is 11.5. The minimum absolute atomic E-state index is 0.0358. The van der Waals surface area contributed by atoms with Crippen molar-refractivity contribution in [2.24, 2.45) is 5.73 Å². The lowest BCUT2D eigenvalue weighted by molar-refractivity contribution is -0.153. The van der Waals surface area contributed by atoms with Crippen molar-refractivity contribution in [3.63, 3.8) is 0 Å². The number of rotatable bonds is 6. The van der Waals surface area contributed by atoms with Gasteiger partial charge in [-0.15, -0.1) is 0 Å². The minimum atomic E-state index is -0.944. The van der Waals surface area contributed by atoms with Gasteiger partial charge >= 0.3 is 5.97 Å². The van der Waals surface area contributed by atoms with Crippen LogP contribution in [-0.4, -0.2) is 28.1 Å². The highest BCUT2D eigenvalue weighted by molar-refractivity contribution is 5.81. The van der Waals surface area contributed by atoms with Gasteiger partial charge in [0.1, 0.15) is 0 Å². The zero-order chi connectivity index (χ0) is 15.2. The Morgan fingerprint density at radius 1 is 1.33 bits per heavy atom. The molecule has 7 heteroatoms. The molecule has 0 aliphatic rings. The number of hydrogen-bond acceptors (Lipinski definition) is 6. The van der Waals surface area contributed by atoms with Crippen molar-refractivity contribution in [1.82, 2.24) is 10.1 Å². The van der Waals surface area contributed by atoms with Crippen LogP contribution in [0.25, 0.3) is 11.4 Å². The van der Waals surface area contributed by atoms with Gasteiger partial charge in [0.25, 0.3) is 5.91 Å². The molecule has 1 amide bonds. The fraction of sp³-hybridized carbons (Fsp3) is 0.286. The van der Waals surface area contributed by atoms with Crippen molar-refractivity contribution in [1.29, 1.82) is 0 Å². The van der Waals surface area contributed by atoms with E-state index in [2.05, 4.69) is 10.1 Å². The maximum atomic E-state index is 11.5. The summed E-state index contributed by atoms with van der Waals surface area (Å²) in [6.07, 6.45) is -0.668. The van der Waals surface area contributed by atoms with Crippen LogP contribution in [0.3, 0.4) is 0 Å². The fourth-order valence-corrected chi connectivity index (χ4v) is 1.58. The molecule has 2 N–H and O–H groups in total. The Balaban J connectivity index is 1.89. The fourth-order valence-electron chi connectivity index (χ4n) is 1.58. The van der Waals surface area contributed by atoms with E-state index >= 15 is 0 Å². The average Bonchev–Trinajstić information content (AvgIpc) is 2.95. The molecular weight excluding hydrogens is 274 g/mol. The largest absolute Gasteiger partial charge is 0.453 e. The predicted molar refractivity (Wildman–Crippen MR) is 72.8 cm³/mol. The standard InChI is InChI=1S/C14H15N3O4/c1-9(13(15)19)20-12(18)8-7-11-16-14(17-21-11)10-5-3-2-4-6-10/h2-6,9H,7-8H2,1H3,(H2,15,19)/t9-/m1/s1. The molecule has 0 bridgehead atoms. The number of nitrogens with two attached hydrogens (primary N) is 1. The first kappa shape index (κ1) is 14.7. The predicted octanol–water partition coefficient (Wildman–Crippen LogP) is 1.09. The van der Waals surface area contributed by atoms with Gasteiger partial charge in [-0.3, -0.25) is 9.59 Å². The number of nitrogens with zero attached hydrogens (tertiary/aromatic N) is 2. The molecule has 0 spiro atoms. The van der Waals surface area contributed by atoms with E-state index < -0.39 is 18.0 Å². The summed E-state index contributed by atoms with van der Waals surface area (Å²) in [4.78, 5) is 26.5. The number of carbonyl (C=O) groups excluding carboxylic acids is 2. The first-order valence-corrected chi connectivity index (χ1v) is 6.43. The van der Waals surface area contributed by atoms with Gasteiger partial charge in [-0.1, -0.05) is 35.5 Å². The smallest absolute Gasteiger partial charge is 0.307 e. The summed E-state index contributed by atoms with van der Waals surface area (Å²) in [7, 11) is 0. The molecule has 2 rings (SSSR count). The molecule has 1 heterocycles. The molecule has 1 atom stereocenters. The number of aryl methyl sites for hydroxylation is 1. The molecule has 7 nitrogen and oxygen atoms in total. The molecule has 0 aliphatic heterocycles. The van der Waals surface area contributed by atoms with Gasteiger partial charge in [-0.2, -0.15) is 4.98 Å². The molecular formula is C14H15N3O4. The molecule has 2 aromatic rings. The second-order valence-electron chi connectivity index (χ2n) is 4.41. The Labute approximate surface area is 121 Å². The van der Waals surface area contributed by atoms with Gasteiger partial charge in [0.2, 0.25) is 11.7 Å². The van der Waals surface area contributed by atoms with Crippen LogP contribution in [0.2, 0.25) is 0 Å². The Morgan fingerprint density at radius 2 is 2.05 bits per heavy atom. The van der Waals surface area contributed by atoms with E-state index in [4.69, 9.17) is 15.0 Å². The van der Waals surface area contributed by atoms with E-state index in [9.17, 15) is 9.59 Å². The summed E-state index contributed by atoms with van der Waals surface area (Å²) >= 11 is 0. The van der Waals surface area contributed by atoms with Crippen LogP contribution >= 0.6 is 0 Å². The van der Waals surface area contributed by atoms with Crippen molar-refractivity contribution < 1.29 is 18.8 Å². The van der Waals surface area contributed by atoms with Crippen LogP contribution in [0.5, 0.6) is 0 Å². The Bertz CT molecular complexity index is 624. The van der Waals surface area contributed by atoms with Crippen LogP contribution < -0.4 is 5.73 Å². The number of carbonyl (C=O) groups is 2. The first-order valence-electron chi connectivity index (χ1n) is 6.43. The van der Waals surface area contributed by atoms with Crippen LogP contribution in [0, 0.1) is 0 Å². The summed E-state index contributed by atoms with van der Waals surface area (Å²) in [5.74, 6) is -0.435. The third-order valence-corrected chi connectivity index (χ3v) is 2.75. The van der Waals surface area contributed by atoms with Crippen molar-refractivity contribution >= 4 is 11.9 Å². The van der Waals surface area contributed by atoms with Crippen LogP contribution in [0.1, 0.15) is 19.2 Å². The van der Waals surface area contributed by atoms with Gasteiger partial charge in [0, 0.05) is 12.0 Å². The van der Waals surface area contributed by atoms with Crippen LogP contribution in [0.4, 0.5) is 0 Å². The normalized spacial score (nSPS) is 11.9. The summed E-state index contributed by atoms with van der Waals surface area (Å²) in [5, 5.41) is 3.84. The Morgan fingerprint density at radius 3 is 2.71 bits per heavy atom. The van der Waals surface area contributed by atoms with E-state index in [1.165, 1.54) is 6.92 Å². The van der Waals surface area contributed by atoms with E-state index in [1.54, 1.807) is 0 Å². The number of primary amides is 1. The second kappa shape index (κ2) is 6.65. The number of benzene rings is 1. The highest BCUT2D eigenvalue weighted by Gasteiger charge is 2.16. The highest BCUT2D eigenvalue weighted by atomic mass is 16.5. The Kier molecular flexibility index (Phi) is 4.65. The summed E-state index contributed by atoms with van der Waals surface area (Å²) in [5.41, 5.74) is 5.83. The summed E-state index contributed by atoms with van der Waals surface area (Å²) in [6.45, 7) is 1.42. The van der Waals surface area contributed by atoms with Crippen molar-refractivity contribution in [2.45, 2.75) is 25.9 Å². The molecule has 0 radical (unpaired) electrons. The lowest BCUT2D eigenvalue weighted by Crippen LogP contribution is -2.30. The van der Waals surface area contributed by atoms with E-state index in [0.29, 0.717) is 11.7 Å². The third-order valence-electron chi connectivity index (χ3n) is 2.75. The zero-order valence-corrected chi connectivity index (χ0v) is 11.5. The average molecular weight is 289 g/mol. The molecule has 0 saturated carbocycles. The summed E-state index contributed by atoms with van der Waals surface area (Å²) in [6, 6.07) is 9.34. The SMILES string of the molecule is C[C@@H](OC(=O)CCc1nc(-c2ccccc2)no1)C(N)=O. The highest BCUT2D eigenvalue weighted by Crippen LogP contribution is 2.15. The minimum Gasteiger partial charge on any atom is -0.453 e. The van der Waals surface area contributed by atoms with Crippen molar-refractivity contribution in [3.05, 3.63) is 36.2 Å². The van der Waals surface area contributed by atoms with Crippen molar-refractivity contribution in [2.75, 3.05) is 0 Å². The van der Waals surface area contributed by atoms with Crippen LogP contribution in [-0.2, 0) is 20.7 Å². The van der Waals surface area contributed by atoms with E-state index in [0.717, 1.165) is 5.56 Å². The molecule has 0 fully saturated rings. The molecule has 0 aliphatic carbocycles. The maximum absolute atomic E-state index is 11.5. The van der Waals surface area contributed by atoms with Gasteiger partial charge in [0.15, 0.2) is 6.10 Å². The lowest BCUT2D eigenvalue weighted by atomic mass is 10.2. The number of ether oxygens (including phenoxy) is 1. The lowest BCUT2D eigenvalue weighted by Gasteiger charge is -2.08. The molecule has 21 heavy (non-hydrogen) atoms. The molecule has 1 aromatic carbocycles. The Hall–Kier alpha value is -2.70. The third kappa shape index (κ3) is 4.13. The van der Waals surface area contributed by atoms with E-state index in [1.807, 2.05) is 30.3 Å². The van der Waals surface area contributed by atoms with Gasteiger partial charge < -0.3 is 15.0 Å². The number of amides is 1. The van der Waals surface area contributed by atoms with Crippen molar-refractivity contribution in [3.8, 4) is 11.4 Å². The van der Waals surface area contributed by atoms with Gasteiger partial charge in [-0.25, -0.2) is 0 Å². The number of esters is 1. The number of hydrogen-bond donors (Lipinski definition) is 1. The molecule has 0 unspecified atom stereocenters. The molecule has 110 valence electrons. The van der Waals surface area contributed by atoms with Crippen LogP contribution in [0.15, 0.2) is 34.9 Å².